The van der Waals surface area contributed by atoms with Gasteiger partial charge in [-0.2, -0.15) is 11.8 Å². The lowest BCUT2D eigenvalue weighted by Gasteiger charge is -2.01. The van der Waals surface area contributed by atoms with Crippen molar-refractivity contribution in [2.45, 2.75) is 77.3 Å². The highest BCUT2D eigenvalue weighted by molar-refractivity contribution is 7.99. The van der Waals surface area contributed by atoms with E-state index < -0.39 is 12.1 Å². The Morgan fingerprint density at radius 2 is 1.67 bits per heavy atom. The number of halogens is 1. The van der Waals surface area contributed by atoms with Crippen molar-refractivity contribution in [3.05, 3.63) is 12.2 Å². The van der Waals surface area contributed by atoms with E-state index in [4.69, 9.17) is 5.11 Å². The minimum Gasteiger partial charge on any atom is -0.481 e. The molecule has 0 saturated heterocycles. The van der Waals surface area contributed by atoms with Crippen LogP contribution in [0.2, 0.25) is 0 Å². The first-order valence-corrected chi connectivity index (χ1v) is 9.37. The smallest absolute Gasteiger partial charge is 0.304 e. The van der Waals surface area contributed by atoms with Gasteiger partial charge in [-0.1, -0.05) is 31.4 Å². The van der Waals surface area contributed by atoms with Gasteiger partial charge in [-0.3, -0.25) is 4.79 Å². The Bertz CT molecular complexity index is 268. The van der Waals surface area contributed by atoms with E-state index in [-0.39, 0.29) is 6.42 Å². The lowest BCUT2D eigenvalue weighted by molar-refractivity contribution is -0.136. The zero-order valence-corrected chi connectivity index (χ0v) is 14.2. The van der Waals surface area contributed by atoms with E-state index in [2.05, 4.69) is 12.2 Å². The van der Waals surface area contributed by atoms with E-state index in [1.165, 1.54) is 19.3 Å². The number of aliphatic carboxylic acids is 1. The summed E-state index contributed by atoms with van der Waals surface area (Å²) in [5, 5.41) is 8.49. The maximum Gasteiger partial charge on any atom is 0.304 e. The number of allylic oxidation sites excluding steroid dienone is 2. The molecule has 0 spiro atoms. The molecule has 124 valence electrons. The molecular formula is C17H31FO2S. The van der Waals surface area contributed by atoms with Gasteiger partial charge in [-0.05, 0) is 51.2 Å². The summed E-state index contributed by atoms with van der Waals surface area (Å²) in [5.41, 5.74) is 0. The van der Waals surface area contributed by atoms with Crippen molar-refractivity contribution in [1.29, 1.82) is 0 Å². The van der Waals surface area contributed by atoms with Crippen LogP contribution in [0.1, 0.15) is 71.1 Å². The Morgan fingerprint density at radius 3 is 2.29 bits per heavy atom. The summed E-state index contributed by atoms with van der Waals surface area (Å²) in [4.78, 5) is 10.3. The van der Waals surface area contributed by atoms with Crippen molar-refractivity contribution in [3.63, 3.8) is 0 Å². The monoisotopic (exact) mass is 318 g/mol. The molecule has 0 fully saturated rings. The topological polar surface area (TPSA) is 37.3 Å². The van der Waals surface area contributed by atoms with Crippen molar-refractivity contribution >= 4 is 17.7 Å². The first-order chi connectivity index (χ1) is 10.1. The SMILES string of the molecule is CC(F)CCCCCC/C=C\CCCCSCCC(=O)O. The second-order valence-corrected chi connectivity index (χ2v) is 6.72. The number of carboxylic acids is 1. The zero-order chi connectivity index (χ0) is 15.8. The number of carbonyl (C=O) groups is 1. The van der Waals surface area contributed by atoms with E-state index >= 15 is 0 Å². The fourth-order valence-corrected chi connectivity index (χ4v) is 2.94. The summed E-state index contributed by atoms with van der Waals surface area (Å²) >= 11 is 1.73. The molecule has 4 heteroatoms. The molecule has 0 heterocycles. The molecular weight excluding hydrogens is 287 g/mol. The van der Waals surface area contributed by atoms with Gasteiger partial charge in [0.1, 0.15) is 0 Å². The Kier molecular flexibility index (Phi) is 15.5. The Morgan fingerprint density at radius 1 is 1.05 bits per heavy atom. The molecule has 0 saturated carbocycles. The Labute approximate surface area is 133 Å². The largest absolute Gasteiger partial charge is 0.481 e. The molecule has 0 radical (unpaired) electrons. The van der Waals surface area contributed by atoms with Crippen LogP contribution in [0.5, 0.6) is 0 Å². The van der Waals surface area contributed by atoms with Crippen LogP contribution < -0.4 is 0 Å². The number of rotatable bonds is 15. The summed E-state index contributed by atoms with van der Waals surface area (Å²) in [6.45, 7) is 1.63. The fourth-order valence-electron chi connectivity index (χ4n) is 2.00. The molecule has 2 nitrogen and oxygen atoms in total. The normalized spacial score (nSPS) is 12.9. The van der Waals surface area contributed by atoms with Crippen LogP contribution in [-0.4, -0.2) is 28.8 Å². The van der Waals surface area contributed by atoms with Gasteiger partial charge in [0, 0.05) is 5.75 Å². The average Bonchev–Trinajstić information content (AvgIpc) is 2.42. The van der Waals surface area contributed by atoms with Crippen LogP contribution in [0.3, 0.4) is 0 Å². The molecule has 0 aromatic carbocycles. The van der Waals surface area contributed by atoms with Crippen LogP contribution in [0.4, 0.5) is 4.39 Å². The molecule has 0 rings (SSSR count). The van der Waals surface area contributed by atoms with Gasteiger partial charge in [0.05, 0.1) is 12.6 Å². The quantitative estimate of drug-likeness (QED) is 0.314. The van der Waals surface area contributed by atoms with Gasteiger partial charge in [0.25, 0.3) is 0 Å². The highest BCUT2D eigenvalue weighted by atomic mass is 32.2. The molecule has 0 aromatic heterocycles. The third-order valence-corrected chi connectivity index (χ3v) is 4.33. The van der Waals surface area contributed by atoms with E-state index in [1.807, 2.05) is 0 Å². The molecule has 1 atom stereocenters. The molecule has 1 N–H and O–H groups in total. The number of hydrogen-bond acceptors (Lipinski definition) is 2. The summed E-state index contributed by atoms with van der Waals surface area (Å²) in [5.74, 6) is 1.09. The van der Waals surface area contributed by atoms with Crippen molar-refractivity contribution in [2.24, 2.45) is 0 Å². The predicted molar refractivity (Wildman–Crippen MR) is 90.8 cm³/mol. The van der Waals surface area contributed by atoms with Gasteiger partial charge in [0.15, 0.2) is 0 Å². The van der Waals surface area contributed by atoms with E-state index in [0.717, 1.165) is 43.6 Å². The summed E-state index contributed by atoms with van der Waals surface area (Å²) in [6, 6.07) is 0. The average molecular weight is 318 g/mol. The minimum absolute atomic E-state index is 0.273. The summed E-state index contributed by atoms with van der Waals surface area (Å²) in [6.07, 6.45) is 14.0. The third kappa shape index (κ3) is 19.5. The van der Waals surface area contributed by atoms with Gasteiger partial charge < -0.3 is 5.11 Å². The molecule has 0 aliphatic rings. The second kappa shape index (κ2) is 15.9. The van der Waals surface area contributed by atoms with Crippen LogP contribution >= 0.6 is 11.8 Å². The van der Waals surface area contributed by atoms with Gasteiger partial charge in [-0.25, -0.2) is 4.39 Å². The highest BCUT2D eigenvalue weighted by Gasteiger charge is 1.97. The zero-order valence-electron chi connectivity index (χ0n) is 13.4. The van der Waals surface area contributed by atoms with Crippen LogP contribution in [0.25, 0.3) is 0 Å². The maximum atomic E-state index is 12.5. The van der Waals surface area contributed by atoms with Gasteiger partial charge in [0.2, 0.25) is 0 Å². The molecule has 0 bridgehead atoms. The molecule has 0 aromatic rings. The lowest BCUT2D eigenvalue weighted by Crippen LogP contribution is -1.96. The Balaban J connectivity index is 3.10. The molecule has 0 aliphatic heterocycles. The van der Waals surface area contributed by atoms with Crippen LogP contribution in [-0.2, 0) is 4.79 Å². The first kappa shape index (κ1) is 20.5. The highest BCUT2D eigenvalue weighted by Crippen LogP contribution is 2.10. The van der Waals surface area contributed by atoms with E-state index in [0.29, 0.717) is 6.42 Å². The molecule has 0 amide bonds. The van der Waals surface area contributed by atoms with E-state index in [1.54, 1.807) is 18.7 Å². The van der Waals surface area contributed by atoms with Crippen LogP contribution in [0.15, 0.2) is 12.2 Å². The fraction of sp³-hybridized carbons (Fsp3) is 0.824. The number of unbranched alkanes of at least 4 members (excludes halogenated alkanes) is 6. The summed E-state index contributed by atoms with van der Waals surface area (Å²) in [7, 11) is 0. The van der Waals surface area contributed by atoms with Gasteiger partial charge in [-0.15, -0.1) is 0 Å². The number of alkyl halides is 1. The molecule has 0 aliphatic carbocycles. The van der Waals surface area contributed by atoms with Crippen molar-refractivity contribution in [2.75, 3.05) is 11.5 Å². The lowest BCUT2D eigenvalue weighted by atomic mass is 10.1. The summed E-state index contributed by atoms with van der Waals surface area (Å²) < 4.78 is 12.5. The number of hydrogen-bond donors (Lipinski definition) is 1. The van der Waals surface area contributed by atoms with Crippen LogP contribution in [0, 0.1) is 0 Å². The van der Waals surface area contributed by atoms with Crippen molar-refractivity contribution in [1.82, 2.24) is 0 Å². The molecule has 1 unspecified atom stereocenters. The first-order valence-electron chi connectivity index (χ1n) is 8.21. The molecule has 21 heavy (non-hydrogen) atoms. The third-order valence-electron chi connectivity index (χ3n) is 3.26. The second-order valence-electron chi connectivity index (χ2n) is 5.50. The van der Waals surface area contributed by atoms with E-state index in [9.17, 15) is 9.18 Å². The van der Waals surface area contributed by atoms with Crippen molar-refractivity contribution < 1.29 is 14.3 Å². The predicted octanol–water partition coefficient (Wildman–Crippen LogP) is 5.62. The minimum atomic E-state index is -0.704. The number of carboxylic acid groups (broad SMARTS) is 1. The van der Waals surface area contributed by atoms with Gasteiger partial charge >= 0.3 is 5.97 Å². The maximum absolute atomic E-state index is 12.5. The number of thioether (sulfide) groups is 1. The standard InChI is InChI=1S/C17H31FO2S/c1-16(18)12-10-8-6-4-2-3-5-7-9-11-14-21-15-13-17(19)20/h3,5,16H,2,4,6-15H2,1H3,(H,19,20)/b5-3-. The Hall–Kier alpha value is -0.510. The van der Waals surface area contributed by atoms with Crippen molar-refractivity contribution in [3.8, 4) is 0 Å².